The van der Waals surface area contributed by atoms with Gasteiger partial charge in [-0.15, -0.1) is 0 Å². The predicted octanol–water partition coefficient (Wildman–Crippen LogP) is 2.71. The van der Waals surface area contributed by atoms with Crippen molar-refractivity contribution in [1.29, 1.82) is 0 Å². The van der Waals surface area contributed by atoms with Gasteiger partial charge in [0.05, 0.1) is 5.56 Å². The average Bonchev–Trinajstić information content (AvgIpc) is 2.37. The molecule has 1 heterocycles. The Morgan fingerprint density at radius 2 is 1.90 bits per heavy atom. The van der Waals surface area contributed by atoms with E-state index in [1.165, 1.54) is 11.6 Å². The van der Waals surface area contributed by atoms with Gasteiger partial charge in [0.2, 0.25) is 0 Å². The van der Waals surface area contributed by atoms with Gasteiger partial charge >= 0.3 is 5.97 Å². The van der Waals surface area contributed by atoms with E-state index in [1.807, 2.05) is 25.1 Å². The molecule has 110 valence electrons. The molecule has 21 heavy (non-hydrogen) atoms. The fraction of sp³-hybridized carbons (Fsp3) is 0.294. The van der Waals surface area contributed by atoms with Crippen molar-refractivity contribution in [1.82, 2.24) is 4.57 Å². The van der Waals surface area contributed by atoms with E-state index >= 15 is 0 Å². The molecule has 0 aliphatic heterocycles. The second-order valence-electron chi connectivity index (χ2n) is 5.32. The summed E-state index contributed by atoms with van der Waals surface area (Å²) in [5, 5.41) is 9.27. The number of rotatable bonds is 4. The Labute approximate surface area is 123 Å². The third kappa shape index (κ3) is 3.21. The highest BCUT2D eigenvalue weighted by Crippen LogP contribution is 2.12. The molecule has 0 spiro atoms. The van der Waals surface area contributed by atoms with Gasteiger partial charge in [-0.3, -0.25) is 4.79 Å². The lowest BCUT2D eigenvalue weighted by atomic mass is 10.1. The molecule has 0 unspecified atom stereocenters. The molecule has 1 aromatic heterocycles. The van der Waals surface area contributed by atoms with Gasteiger partial charge in [0.15, 0.2) is 0 Å². The van der Waals surface area contributed by atoms with Gasteiger partial charge in [-0.1, -0.05) is 29.8 Å². The number of hydrogen-bond acceptors (Lipinski definition) is 2. The van der Waals surface area contributed by atoms with Crippen LogP contribution in [0.4, 0.5) is 0 Å². The van der Waals surface area contributed by atoms with Crippen LogP contribution in [0.25, 0.3) is 0 Å². The first-order valence-corrected chi connectivity index (χ1v) is 6.90. The first-order valence-electron chi connectivity index (χ1n) is 6.90. The molecule has 2 rings (SSSR count). The van der Waals surface area contributed by atoms with Crippen LogP contribution in [-0.2, 0) is 13.0 Å². The van der Waals surface area contributed by atoms with Gasteiger partial charge in [0, 0.05) is 18.3 Å². The van der Waals surface area contributed by atoms with Crippen LogP contribution in [0, 0.1) is 20.8 Å². The minimum Gasteiger partial charge on any atom is -0.478 e. The Kier molecular flexibility index (Phi) is 4.26. The lowest BCUT2D eigenvalue weighted by Crippen LogP contribution is -2.26. The number of aromatic nitrogens is 1. The second kappa shape index (κ2) is 5.95. The predicted molar refractivity (Wildman–Crippen MR) is 82.0 cm³/mol. The number of aromatic carboxylic acids is 1. The molecule has 0 amide bonds. The van der Waals surface area contributed by atoms with Crippen molar-refractivity contribution in [2.45, 2.75) is 33.7 Å². The Balaban J connectivity index is 2.34. The molecule has 0 saturated heterocycles. The Hall–Kier alpha value is -2.36. The van der Waals surface area contributed by atoms with Gasteiger partial charge in [-0.05, 0) is 38.3 Å². The molecule has 0 aliphatic rings. The van der Waals surface area contributed by atoms with Gasteiger partial charge in [0.1, 0.15) is 0 Å². The zero-order valence-corrected chi connectivity index (χ0v) is 12.5. The first-order chi connectivity index (χ1) is 9.90. The molecule has 0 aliphatic carbocycles. The fourth-order valence-electron chi connectivity index (χ4n) is 2.63. The number of carbonyl (C=O) groups is 1. The Morgan fingerprint density at radius 3 is 2.52 bits per heavy atom. The van der Waals surface area contributed by atoms with Gasteiger partial charge in [0.25, 0.3) is 5.56 Å². The zero-order chi connectivity index (χ0) is 15.6. The average molecular weight is 285 g/mol. The van der Waals surface area contributed by atoms with Crippen molar-refractivity contribution in [3.63, 3.8) is 0 Å². The monoisotopic (exact) mass is 285 g/mol. The molecule has 4 nitrogen and oxygen atoms in total. The van der Waals surface area contributed by atoms with E-state index in [2.05, 4.69) is 6.07 Å². The molecular weight excluding hydrogens is 266 g/mol. The van der Waals surface area contributed by atoms with E-state index in [0.717, 1.165) is 5.56 Å². The van der Waals surface area contributed by atoms with E-state index in [0.29, 0.717) is 24.2 Å². The number of pyridine rings is 1. The maximum absolute atomic E-state index is 12.1. The summed E-state index contributed by atoms with van der Waals surface area (Å²) in [6.45, 7) is 5.85. The van der Waals surface area contributed by atoms with Crippen LogP contribution in [0.15, 0.2) is 35.1 Å². The van der Waals surface area contributed by atoms with Gasteiger partial charge < -0.3 is 9.67 Å². The largest absolute Gasteiger partial charge is 0.478 e. The highest BCUT2D eigenvalue weighted by molar-refractivity contribution is 5.90. The van der Waals surface area contributed by atoms with Crippen molar-refractivity contribution in [2.75, 3.05) is 0 Å². The van der Waals surface area contributed by atoms with Crippen LogP contribution in [0.5, 0.6) is 0 Å². The molecule has 0 saturated carbocycles. The van der Waals surface area contributed by atoms with E-state index in [9.17, 15) is 14.7 Å². The van der Waals surface area contributed by atoms with Crippen molar-refractivity contribution >= 4 is 5.97 Å². The third-order valence-electron chi connectivity index (χ3n) is 3.69. The highest BCUT2D eigenvalue weighted by atomic mass is 16.4. The van der Waals surface area contributed by atoms with E-state index < -0.39 is 5.97 Å². The maximum Gasteiger partial charge on any atom is 0.337 e. The fourth-order valence-corrected chi connectivity index (χ4v) is 2.63. The van der Waals surface area contributed by atoms with Crippen molar-refractivity contribution in [3.05, 3.63) is 68.6 Å². The van der Waals surface area contributed by atoms with Crippen LogP contribution in [-0.4, -0.2) is 15.6 Å². The standard InChI is InChI=1S/C17H19NO3/c1-11-5-4-6-14(9-11)7-8-18-13(3)16(17(20)21)12(2)10-15(18)19/h4-6,9-10H,7-8H2,1-3H3,(H,20,21). The van der Waals surface area contributed by atoms with Crippen LogP contribution >= 0.6 is 0 Å². The van der Waals surface area contributed by atoms with Crippen LogP contribution < -0.4 is 5.56 Å². The summed E-state index contributed by atoms with van der Waals surface area (Å²) in [4.78, 5) is 23.4. The molecule has 1 N–H and O–H groups in total. The molecule has 0 radical (unpaired) electrons. The number of benzene rings is 1. The van der Waals surface area contributed by atoms with Gasteiger partial charge in [-0.25, -0.2) is 4.79 Å². The zero-order valence-electron chi connectivity index (χ0n) is 12.5. The minimum absolute atomic E-state index is 0.150. The SMILES string of the molecule is Cc1cccc(CCn2c(C)c(C(=O)O)c(C)cc2=O)c1. The summed E-state index contributed by atoms with van der Waals surface area (Å²) < 4.78 is 1.54. The Morgan fingerprint density at radius 1 is 1.19 bits per heavy atom. The molecule has 0 atom stereocenters. The number of aryl methyl sites for hydroxylation is 3. The lowest BCUT2D eigenvalue weighted by Gasteiger charge is -2.14. The summed E-state index contributed by atoms with van der Waals surface area (Å²) in [6, 6.07) is 9.49. The van der Waals surface area contributed by atoms with Crippen LogP contribution in [0.2, 0.25) is 0 Å². The van der Waals surface area contributed by atoms with E-state index in [1.54, 1.807) is 18.4 Å². The number of carboxylic acids is 1. The minimum atomic E-state index is -0.991. The summed E-state index contributed by atoms with van der Waals surface area (Å²) in [5.41, 5.74) is 3.41. The van der Waals surface area contributed by atoms with Crippen LogP contribution in [0.1, 0.15) is 32.7 Å². The molecule has 4 heteroatoms. The van der Waals surface area contributed by atoms with Crippen molar-refractivity contribution in [2.24, 2.45) is 0 Å². The van der Waals surface area contributed by atoms with Crippen LogP contribution in [0.3, 0.4) is 0 Å². The molecule has 2 aromatic rings. The van der Waals surface area contributed by atoms with Gasteiger partial charge in [-0.2, -0.15) is 0 Å². The number of nitrogens with zero attached hydrogens (tertiary/aromatic N) is 1. The smallest absolute Gasteiger partial charge is 0.337 e. The van der Waals surface area contributed by atoms with E-state index in [4.69, 9.17) is 0 Å². The number of carboxylic acid groups (broad SMARTS) is 1. The Bertz CT molecular complexity index is 744. The topological polar surface area (TPSA) is 59.3 Å². The van der Waals surface area contributed by atoms with Crippen molar-refractivity contribution < 1.29 is 9.90 Å². The second-order valence-corrected chi connectivity index (χ2v) is 5.32. The maximum atomic E-state index is 12.1. The molecule has 1 aromatic carbocycles. The molecule has 0 bridgehead atoms. The highest BCUT2D eigenvalue weighted by Gasteiger charge is 2.15. The summed E-state index contributed by atoms with van der Waals surface area (Å²) >= 11 is 0. The van der Waals surface area contributed by atoms with E-state index in [-0.39, 0.29) is 11.1 Å². The third-order valence-corrected chi connectivity index (χ3v) is 3.69. The lowest BCUT2D eigenvalue weighted by molar-refractivity contribution is 0.0694. The summed E-state index contributed by atoms with van der Waals surface area (Å²) in [5.74, 6) is -0.991. The summed E-state index contributed by atoms with van der Waals surface area (Å²) in [7, 11) is 0. The first kappa shape index (κ1) is 15.0. The van der Waals surface area contributed by atoms with Crippen molar-refractivity contribution in [3.8, 4) is 0 Å². The quantitative estimate of drug-likeness (QED) is 0.939. The number of hydrogen-bond donors (Lipinski definition) is 1. The molecule has 0 fully saturated rings. The molecular formula is C17H19NO3. The summed E-state index contributed by atoms with van der Waals surface area (Å²) in [6.07, 6.45) is 0.699. The normalized spacial score (nSPS) is 10.6.